The van der Waals surface area contributed by atoms with Crippen LogP contribution in [-0.4, -0.2) is 23.8 Å². The molecule has 3 rings (SSSR count). The highest BCUT2D eigenvalue weighted by molar-refractivity contribution is 5.33. The number of aliphatic hydroxyl groups excluding tert-OH is 1. The molecule has 17 heavy (non-hydrogen) atoms. The van der Waals surface area contributed by atoms with Gasteiger partial charge in [0.1, 0.15) is 0 Å². The third-order valence-corrected chi connectivity index (χ3v) is 4.37. The van der Waals surface area contributed by atoms with Crippen molar-refractivity contribution in [1.82, 2.24) is 5.32 Å². The first-order valence-corrected chi connectivity index (χ1v) is 6.77. The zero-order valence-corrected chi connectivity index (χ0v) is 10.3. The van der Waals surface area contributed by atoms with E-state index < -0.39 is 0 Å². The van der Waals surface area contributed by atoms with Gasteiger partial charge < -0.3 is 10.4 Å². The van der Waals surface area contributed by atoms with Gasteiger partial charge in [0, 0.05) is 12.1 Å². The Morgan fingerprint density at radius 3 is 2.88 bits per heavy atom. The monoisotopic (exact) mass is 231 g/mol. The summed E-state index contributed by atoms with van der Waals surface area (Å²) in [4.78, 5) is 0. The number of aryl methyl sites for hydroxylation is 1. The van der Waals surface area contributed by atoms with Gasteiger partial charge >= 0.3 is 0 Å². The van der Waals surface area contributed by atoms with Crippen molar-refractivity contribution in [2.24, 2.45) is 0 Å². The maximum atomic E-state index is 9.32. The number of rotatable bonds is 4. The highest BCUT2D eigenvalue weighted by Gasteiger charge is 2.41. The lowest BCUT2D eigenvalue weighted by Crippen LogP contribution is -2.38. The molecule has 1 atom stereocenters. The second-order valence-corrected chi connectivity index (χ2v) is 5.61. The van der Waals surface area contributed by atoms with E-state index in [0.717, 1.165) is 19.4 Å². The van der Waals surface area contributed by atoms with Gasteiger partial charge in [-0.05, 0) is 49.1 Å². The number of benzene rings is 1. The molecule has 92 valence electrons. The SMILES string of the molecule is OCC1(NCC2CCCc3ccccc32)CC1. The molecule has 2 heteroatoms. The molecule has 2 nitrogen and oxygen atoms in total. The largest absolute Gasteiger partial charge is 0.394 e. The summed E-state index contributed by atoms with van der Waals surface area (Å²) < 4.78 is 0. The minimum Gasteiger partial charge on any atom is -0.394 e. The van der Waals surface area contributed by atoms with Crippen LogP contribution < -0.4 is 5.32 Å². The van der Waals surface area contributed by atoms with Gasteiger partial charge in [-0.15, -0.1) is 0 Å². The maximum Gasteiger partial charge on any atom is 0.0613 e. The van der Waals surface area contributed by atoms with Crippen LogP contribution in [0.25, 0.3) is 0 Å². The highest BCUT2D eigenvalue weighted by Crippen LogP contribution is 2.37. The predicted molar refractivity (Wildman–Crippen MR) is 69.2 cm³/mol. The number of hydrogen-bond acceptors (Lipinski definition) is 2. The topological polar surface area (TPSA) is 32.3 Å². The Morgan fingerprint density at radius 2 is 2.12 bits per heavy atom. The fraction of sp³-hybridized carbons (Fsp3) is 0.600. The smallest absolute Gasteiger partial charge is 0.0613 e. The van der Waals surface area contributed by atoms with Crippen molar-refractivity contribution in [3.05, 3.63) is 35.4 Å². The maximum absolute atomic E-state index is 9.32. The van der Waals surface area contributed by atoms with Gasteiger partial charge in [0.05, 0.1) is 6.61 Å². The minimum atomic E-state index is 0.0758. The molecule has 2 aliphatic rings. The number of nitrogens with one attached hydrogen (secondary N) is 1. The Balaban J connectivity index is 1.68. The summed E-state index contributed by atoms with van der Waals surface area (Å²) >= 11 is 0. The van der Waals surface area contributed by atoms with E-state index >= 15 is 0 Å². The molecule has 1 aromatic rings. The van der Waals surface area contributed by atoms with Crippen LogP contribution in [0.4, 0.5) is 0 Å². The zero-order chi connectivity index (χ0) is 11.7. The first kappa shape index (κ1) is 11.2. The summed E-state index contributed by atoms with van der Waals surface area (Å²) in [5.74, 6) is 0.643. The lowest BCUT2D eigenvalue weighted by Gasteiger charge is -2.27. The highest BCUT2D eigenvalue weighted by atomic mass is 16.3. The van der Waals surface area contributed by atoms with Crippen molar-refractivity contribution in [3.8, 4) is 0 Å². The quantitative estimate of drug-likeness (QED) is 0.833. The molecule has 0 heterocycles. The van der Waals surface area contributed by atoms with Crippen molar-refractivity contribution in [2.45, 2.75) is 43.6 Å². The third kappa shape index (κ3) is 2.24. The van der Waals surface area contributed by atoms with Gasteiger partial charge in [0.2, 0.25) is 0 Å². The Bertz CT molecular complexity index is 398. The fourth-order valence-electron chi connectivity index (χ4n) is 2.95. The van der Waals surface area contributed by atoms with E-state index in [1.807, 2.05) is 0 Å². The Hall–Kier alpha value is -0.860. The molecule has 1 aromatic carbocycles. The van der Waals surface area contributed by atoms with E-state index in [1.165, 1.54) is 30.4 Å². The van der Waals surface area contributed by atoms with Crippen molar-refractivity contribution in [3.63, 3.8) is 0 Å². The van der Waals surface area contributed by atoms with Crippen molar-refractivity contribution >= 4 is 0 Å². The van der Waals surface area contributed by atoms with Gasteiger partial charge in [-0.2, -0.15) is 0 Å². The molecule has 0 aromatic heterocycles. The molecular formula is C15H21NO. The number of fused-ring (bicyclic) bond motifs is 1. The molecule has 1 fully saturated rings. The summed E-state index contributed by atoms with van der Waals surface area (Å²) in [6.07, 6.45) is 6.09. The molecule has 0 saturated heterocycles. The first-order valence-electron chi connectivity index (χ1n) is 6.77. The predicted octanol–water partition coefficient (Wildman–Crippen LogP) is 2.22. The molecule has 2 aliphatic carbocycles. The number of aliphatic hydroxyl groups is 1. The summed E-state index contributed by atoms with van der Waals surface area (Å²) in [7, 11) is 0. The summed E-state index contributed by atoms with van der Waals surface area (Å²) in [6.45, 7) is 1.32. The molecule has 2 N–H and O–H groups in total. The van der Waals surface area contributed by atoms with E-state index in [9.17, 15) is 5.11 Å². The molecule has 0 radical (unpaired) electrons. The average Bonchev–Trinajstić information content (AvgIpc) is 3.17. The zero-order valence-electron chi connectivity index (χ0n) is 10.3. The lowest BCUT2D eigenvalue weighted by atomic mass is 9.83. The Labute approximate surface area is 103 Å². The van der Waals surface area contributed by atoms with Crippen LogP contribution in [0.15, 0.2) is 24.3 Å². The summed E-state index contributed by atoms with van der Waals surface area (Å²) in [5.41, 5.74) is 3.13. The van der Waals surface area contributed by atoms with E-state index in [1.54, 1.807) is 0 Å². The Morgan fingerprint density at radius 1 is 1.29 bits per heavy atom. The summed E-state index contributed by atoms with van der Waals surface area (Å²) in [5, 5.41) is 12.9. The fourth-order valence-corrected chi connectivity index (χ4v) is 2.95. The van der Waals surface area contributed by atoms with E-state index in [4.69, 9.17) is 0 Å². The van der Waals surface area contributed by atoms with Gasteiger partial charge in [-0.3, -0.25) is 0 Å². The van der Waals surface area contributed by atoms with Gasteiger partial charge in [-0.1, -0.05) is 24.3 Å². The average molecular weight is 231 g/mol. The van der Waals surface area contributed by atoms with E-state index in [2.05, 4.69) is 29.6 Å². The second-order valence-electron chi connectivity index (χ2n) is 5.61. The van der Waals surface area contributed by atoms with Crippen LogP contribution in [0.3, 0.4) is 0 Å². The third-order valence-electron chi connectivity index (χ3n) is 4.37. The summed E-state index contributed by atoms with van der Waals surface area (Å²) in [6, 6.07) is 8.83. The van der Waals surface area contributed by atoms with Crippen LogP contribution in [-0.2, 0) is 6.42 Å². The van der Waals surface area contributed by atoms with E-state index in [-0.39, 0.29) is 5.54 Å². The molecular weight excluding hydrogens is 210 g/mol. The number of hydrogen-bond donors (Lipinski definition) is 2. The Kier molecular flexibility index (Phi) is 2.93. The molecule has 0 spiro atoms. The second kappa shape index (κ2) is 4.43. The van der Waals surface area contributed by atoms with Crippen LogP contribution in [0.2, 0.25) is 0 Å². The van der Waals surface area contributed by atoms with Crippen LogP contribution >= 0.6 is 0 Å². The molecule has 0 aliphatic heterocycles. The van der Waals surface area contributed by atoms with Gasteiger partial charge in [-0.25, -0.2) is 0 Å². The van der Waals surface area contributed by atoms with Gasteiger partial charge in [0.25, 0.3) is 0 Å². The van der Waals surface area contributed by atoms with Crippen LogP contribution in [0.1, 0.15) is 42.7 Å². The van der Waals surface area contributed by atoms with Crippen LogP contribution in [0, 0.1) is 0 Å². The first-order chi connectivity index (χ1) is 8.33. The molecule has 0 amide bonds. The van der Waals surface area contributed by atoms with Crippen LogP contribution in [0.5, 0.6) is 0 Å². The van der Waals surface area contributed by atoms with Crippen molar-refractivity contribution in [1.29, 1.82) is 0 Å². The molecule has 1 saturated carbocycles. The van der Waals surface area contributed by atoms with Crippen molar-refractivity contribution in [2.75, 3.05) is 13.2 Å². The van der Waals surface area contributed by atoms with Gasteiger partial charge in [0.15, 0.2) is 0 Å². The molecule has 1 unspecified atom stereocenters. The normalized spacial score (nSPS) is 25.4. The van der Waals surface area contributed by atoms with E-state index in [0.29, 0.717) is 12.5 Å². The minimum absolute atomic E-state index is 0.0758. The standard InChI is InChI=1S/C15H21NO/c17-11-15(8-9-15)16-10-13-6-3-5-12-4-1-2-7-14(12)13/h1-2,4,7,13,16-17H,3,5-6,8-11H2. The lowest BCUT2D eigenvalue weighted by molar-refractivity contribution is 0.227. The molecule has 0 bridgehead atoms. The van der Waals surface area contributed by atoms with Crippen molar-refractivity contribution < 1.29 is 5.11 Å².